The van der Waals surface area contributed by atoms with Crippen molar-refractivity contribution in [2.45, 2.75) is 12.8 Å². The first-order chi connectivity index (χ1) is 16.1. The summed E-state index contributed by atoms with van der Waals surface area (Å²) in [6.45, 7) is 0.0195. The maximum absolute atomic E-state index is 12.7. The molecule has 0 spiro atoms. The van der Waals surface area contributed by atoms with Gasteiger partial charge in [-0.1, -0.05) is 66.7 Å². The molecule has 1 atom stereocenters. The number of esters is 2. The first-order valence-corrected chi connectivity index (χ1v) is 10.6. The van der Waals surface area contributed by atoms with Crippen molar-refractivity contribution < 1.29 is 28.6 Å². The third kappa shape index (κ3) is 8.49. The van der Waals surface area contributed by atoms with Crippen molar-refractivity contribution >= 4 is 18.0 Å². The van der Waals surface area contributed by atoms with Gasteiger partial charge < -0.3 is 19.5 Å². The van der Waals surface area contributed by atoms with Crippen LogP contribution in [0.4, 0.5) is 4.79 Å². The summed E-state index contributed by atoms with van der Waals surface area (Å²) in [5.74, 6) is -0.965. The summed E-state index contributed by atoms with van der Waals surface area (Å²) < 4.78 is 15.7. The van der Waals surface area contributed by atoms with Gasteiger partial charge in [-0.3, -0.25) is 9.59 Å². The van der Waals surface area contributed by atoms with E-state index in [1.165, 1.54) is 0 Å². The lowest BCUT2D eigenvalue weighted by atomic mass is 9.96. The molecule has 170 valence electrons. The van der Waals surface area contributed by atoms with E-state index in [4.69, 9.17) is 14.2 Å². The number of benzene rings is 3. The van der Waals surface area contributed by atoms with E-state index >= 15 is 0 Å². The maximum Gasteiger partial charge on any atom is 0.412 e. The van der Waals surface area contributed by atoms with E-state index in [0.717, 1.165) is 5.56 Å². The highest BCUT2D eigenvalue weighted by molar-refractivity contribution is 5.81. The number of para-hydroxylation sites is 2. The summed E-state index contributed by atoms with van der Waals surface area (Å²) in [7, 11) is 0. The van der Waals surface area contributed by atoms with Crippen molar-refractivity contribution in [1.29, 1.82) is 0 Å². The van der Waals surface area contributed by atoms with Gasteiger partial charge in [0.25, 0.3) is 0 Å². The van der Waals surface area contributed by atoms with Crippen LogP contribution in [0.25, 0.3) is 0 Å². The lowest BCUT2D eigenvalue weighted by Gasteiger charge is -2.16. The van der Waals surface area contributed by atoms with Gasteiger partial charge in [-0.15, -0.1) is 0 Å². The number of hydrogen-bond donors (Lipinski definition) is 1. The van der Waals surface area contributed by atoms with Gasteiger partial charge in [0.1, 0.15) is 18.1 Å². The van der Waals surface area contributed by atoms with Gasteiger partial charge in [0.2, 0.25) is 0 Å². The summed E-state index contributed by atoms with van der Waals surface area (Å²) in [6.07, 6.45) is -0.455. The number of nitrogens with one attached hydrogen (secondary N) is 1. The molecular weight excluding hydrogens is 422 g/mol. The average molecular weight is 447 g/mol. The largest absolute Gasteiger partial charge is 0.464 e. The minimum atomic E-state index is -0.722. The smallest absolute Gasteiger partial charge is 0.412 e. The highest BCUT2D eigenvalue weighted by atomic mass is 16.6. The summed E-state index contributed by atoms with van der Waals surface area (Å²) in [6, 6.07) is 26.7. The molecule has 0 aliphatic heterocycles. The highest BCUT2D eigenvalue weighted by Crippen LogP contribution is 2.17. The Kier molecular flexibility index (Phi) is 9.03. The van der Waals surface area contributed by atoms with Crippen LogP contribution in [0, 0.1) is 5.92 Å². The molecule has 0 heterocycles. The molecule has 3 aromatic rings. The Labute approximate surface area is 192 Å². The van der Waals surface area contributed by atoms with Crippen molar-refractivity contribution in [2.75, 3.05) is 13.2 Å². The minimum Gasteiger partial charge on any atom is -0.464 e. The molecule has 0 aliphatic carbocycles. The quantitative estimate of drug-likeness (QED) is 0.285. The lowest BCUT2D eigenvalue weighted by molar-refractivity contribution is -0.152. The number of carbonyl (C=O) groups excluding carboxylic acids is 3. The molecule has 1 N–H and O–H groups in total. The Balaban J connectivity index is 1.50. The van der Waals surface area contributed by atoms with Crippen LogP contribution in [-0.4, -0.2) is 31.2 Å². The van der Waals surface area contributed by atoms with Gasteiger partial charge in [-0.25, -0.2) is 4.79 Å². The molecular formula is C26H25NO6. The van der Waals surface area contributed by atoms with Crippen LogP contribution < -0.4 is 14.8 Å². The Morgan fingerprint density at radius 3 is 1.88 bits per heavy atom. The van der Waals surface area contributed by atoms with Crippen molar-refractivity contribution in [1.82, 2.24) is 5.32 Å². The van der Waals surface area contributed by atoms with Crippen molar-refractivity contribution in [2.24, 2.45) is 5.92 Å². The summed E-state index contributed by atoms with van der Waals surface area (Å²) in [5.41, 5.74) is 0.900. The first kappa shape index (κ1) is 23.5. The fourth-order valence-corrected chi connectivity index (χ4v) is 3.05. The van der Waals surface area contributed by atoms with Crippen LogP contribution in [-0.2, 0) is 20.7 Å². The molecule has 0 bridgehead atoms. The van der Waals surface area contributed by atoms with Gasteiger partial charge in [0.15, 0.2) is 0 Å². The normalized spacial score (nSPS) is 11.2. The molecule has 0 saturated carbocycles. The molecule has 0 aliphatic rings. The molecule has 1 unspecified atom stereocenters. The molecule has 7 heteroatoms. The minimum absolute atomic E-state index is 0.0538. The zero-order valence-corrected chi connectivity index (χ0v) is 18.0. The summed E-state index contributed by atoms with van der Waals surface area (Å²) in [4.78, 5) is 36.9. The predicted molar refractivity (Wildman–Crippen MR) is 122 cm³/mol. The van der Waals surface area contributed by atoms with E-state index in [-0.39, 0.29) is 19.6 Å². The van der Waals surface area contributed by atoms with Crippen LogP contribution in [0.1, 0.15) is 12.0 Å². The monoisotopic (exact) mass is 447 g/mol. The van der Waals surface area contributed by atoms with Gasteiger partial charge in [-0.2, -0.15) is 0 Å². The number of carbonyl (C=O) groups is 3. The van der Waals surface area contributed by atoms with Crippen LogP contribution in [0.3, 0.4) is 0 Å². The first-order valence-electron chi connectivity index (χ1n) is 10.6. The fraction of sp³-hybridized carbons (Fsp3) is 0.192. The van der Waals surface area contributed by atoms with E-state index in [1.54, 1.807) is 48.5 Å². The fourth-order valence-electron chi connectivity index (χ4n) is 3.05. The zero-order valence-electron chi connectivity index (χ0n) is 18.0. The highest BCUT2D eigenvalue weighted by Gasteiger charge is 2.25. The van der Waals surface area contributed by atoms with E-state index in [1.807, 2.05) is 42.5 Å². The number of amides is 1. The van der Waals surface area contributed by atoms with Gasteiger partial charge in [0.05, 0.1) is 18.9 Å². The summed E-state index contributed by atoms with van der Waals surface area (Å²) >= 11 is 0. The summed E-state index contributed by atoms with van der Waals surface area (Å²) in [5, 5.41) is 2.52. The van der Waals surface area contributed by atoms with E-state index in [9.17, 15) is 14.4 Å². The van der Waals surface area contributed by atoms with Crippen molar-refractivity contribution in [3.8, 4) is 11.5 Å². The molecule has 0 fully saturated rings. The molecule has 0 radical (unpaired) electrons. The van der Waals surface area contributed by atoms with Crippen molar-refractivity contribution in [3.05, 3.63) is 96.6 Å². The predicted octanol–water partition coefficient (Wildman–Crippen LogP) is 4.17. The Hall–Kier alpha value is -4.13. The lowest BCUT2D eigenvalue weighted by Crippen LogP contribution is -2.32. The van der Waals surface area contributed by atoms with Gasteiger partial charge >= 0.3 is 18.0 Å². The third-order valence-electron chi connectivity index (χ3n) is 4.62. The molecule has 1 amide bonds. The van der Waals surface area contributed by atoms with Crippen LogP contribution in [0.2, 0.25) is 0 Å². The second kappa shape index (κ2) is 12.7. The number of ether oxygens (including phenoxy) is 3. The van der Waals surface area contributed by atoms with E-state index in [0.29, 0.717) is 17.9 Å². The Morgan fingerprint density at radius 1 is 0.727 bits per heavy atom. The molecule has 3 rings (SSSR count). The van der Waals surface area contributed by atoms with E-state index < -0.39 is 23.9 Å². The molecule has 3 aromatic carbocycles. The zero-order chi connectivity index (χ0) is 23.3. The Morgan fingerprint density at radius 2 is 1.27 bits per heavy atom. The van der Waals surface area contributed by atoms with Crippen LogP contribution >= 0.6 is 0 Å². The van der Waals surface area contributed by atoms with Gasteiger partial charge in [-0.05, 0) is 36.2 Å². The van der Waals surface area contributed by atoms with Crippen molar-refractivity contribution in [3.63, 3.8) is 0 Å². The maximum atomic E-state index is 12.7. The molecule has 0 aromatic heterocycles. The molecule has 0 saturated heterocycles. The average Bonchev–Trinajstić information content (AvgIpc) is 2.83. The SMILES string of the molecule is O=C(CC(Cc1ccccc1)C(=O)OCCNC(=O)Oc1ccccc1)Oc1ccccc1. The Bertz CT molecular complexity index is 1020. The second-order valence-corrected chi connectivity index (χ2v) is 7.17. The third-order valence-corrected chi connectivity index (χ3v) is 4.62. The topological polar surface area (TPSA) is 90.9 Å². The second-order valence-electron chi connectivity index (χ2n) is 7.17. The standard InChI is InChI=1S/C26H25NO6/c28-24(32-22-12-6-2-7-13-22)19-21(18-20-10-4-1-5-11-20)25(29)31-17-16-27-26(30)33-23-14-8-3-9-15-23/h1-15,21H,16-19H2,(H,27,30). The van der Waals surface area contributed by atoms with E-state index in [2.05, 4.69) is 5.32 Å². The molecule has 7 nitrogen and oxygen atoms in total. The number of hydrogen-bond acceptors (Lipinski definition) is 6. The van der Waals surface area contributed by atoms with Crippen LogP contribution in [0.5, 0.6) is 11.5 Å². The van der Waals surface area contributed by atoms with Crippen LogP contribution in [0.15, 0.2) is 91.0 Å². The molecule has 33 heavy (non-hydrogen) atoms. The van der Waals surface area contributed by atoms with Gasteiger partial charge in [0, 0.05) is 0 Å². The number of rotatable bonds is 10.